The lowest BCUT2D eigenvalue weighted by Crippen LogP contribution is -2.46. The van der Waals surface area contributed by atoms with Crippen molar-refractivity contribution in [2.24, 2.45) is 0 Å². The van der Waals surface area contributed by atoms with Gasteiger partial charge in [0, 0.05) is 19.1 Å². The number of sulfonamides is 1. The summed E-state index contributed by atoms with van der Waals surface area (Å²) in [4.78, 5) is 0. The van der Waals surface area contributed by atoms with Gasteiger partial charge in [0.25, 0.3) is 0 Å². The van der Waals surface area contributed by atoms with Crippen LogP contribution in [0.15, 0.2) is 0 Å². The zero-order valence-electron chi connectivity index (χ0n) is 10.5. The molecule has 0 unspecified atom stereocenters. The fraction of sp³-hybridized carbons (Fsp3) is 1.00. The highest BCUT2D eigenvalue weighted by Crippen LogP contribution is 2.24. The first kappa shape index (κ1) is 13.3. The number of nitrogens with one attached hydrogen (secondary N) is 1. The van der Waals surface area contributed by atoms with E-state index >= 15 is 0 Å². The molecule has 0 aromatic rings. The number of rotatable bonds is 1. The van der Waals surface area contributed by atoms with E-state index in [0.29, 0.717) is 13.1 Å². The summed E-state index contributed by atoms with van der Waals surface area (Å²) in [7, 11) is -3.03. The van der Waals surface area contributed by atoms with Crippen molar-refractivity contribution in [3.63, 3.8) is 0 Å². The molecule has 100 valence electrons. The molecule has 2 aliphatic rings. The van der Waals surface area contributed by atoms with Crippen LogP contribution >= 0.6 is 0 Å². The predicted octanol–water partition coefficient (Wildman–Crippen LogP) is 1.33. The maximum atomic E-state index is 12.3. The molecular weight excluding hydrogens is 236 g/mol. The van der Waals surface area contributed by atoms with E-state index in [0.717, 1.165) is 25.8 Å². The van der Waals surface area contributed by atoms with Crippen molar-refractivity contribution in [1.29, 1.82) is 0 Å². The average molecular weight is 260 g/mol. The Labute approximate surface area is 105 Å². The third kappa shape index (κ3) is 3.66. The van der Waals surface area contributed by atoms with Crippen LogP contribution in [0.5, 0.6) is 0 Å². The van der Waals surface area contributed by atoms with Crippen LogP contribution < -0.4 is 5.32 Å². The second-order valence-electron chi connectivity index (χ2n) is 5.18. The third-order valence-corrected chi connectivity index (χ3v) is 5.77. The second-order valence-corrected chi connectivity index (χ2v) is 7.22. The normalized spacial score (nSPS) is 29.2. The predicted molar refractivity (Wildman–Crippen MR) is 69.5 cm³/mol. The molecule has 1 N–H and O–H groups in total. The maximum absolute atomic E-state index is 12.3. The fourth-order valence-electron chi connectivity index (χ4n) is 2.90. The molecule has 1 heterocycles. The van der Waals surface area contributed by atoms with Gasteiger partial charge >= 0.3 is 0 Å². The molecule has 0 amide bonds. The first-order valence-electron chi connectivity index (χ1n) is 6.90. The van der Waals surface area contributed by atoms with Gasteiger partial charge in [-0.25, -0.2) is 8.42 Å². The molecule has 2 fully saturated rings. The molecule has 0 bridgehead atoms. The van der Waals surface area contributed by atoms with Crippen LogP contribution in [0, 0.1) is 0 Å². The van der Waals surface area contributed by atoms with E-state index in [1.807, 2.05) is 4.31 Å². The van der Waals surface area contributed by atoms with Gasteiger partial charge in [0.1, 0.15) is 0 Å². The van der Waals surface area contributed by atoms with Crippen molar-refractivity contribution < 1.29 is 8.42 Å². The van der Waals surface area contributed by atoms with Gasteiger partial charge in [-0.2, -0.15) is 4.31 Å². The highest BCUT2D eigenvalue weighted by Gasteiger charge is 2.30. The molecule has 0 aromatic carbocycles. The molecule has 1 saturated heterocycles. The van der Waals surface area contributed by atoms with Crippen LogP contribution in [-0.2, 0) is 10.0 Å². The lowest BCUT2D eigenvalue weighted by Gasteiger charge is -2.31. The van der Waals surface area contributed by atoms with Gasteiger partial charge in [-0.1, -0.05) is 25.7 Å². The van der Waals surface area contributed by atoms with Crippen LogP contribution in [0.3, 0.4) is 0 Å². The standard InChI is InChI=1S/C12H24N2O2S/c15-17(16)11-9-13-8-5-10-14(17)12-6-3-1-2-4-7-12/h12-13H,1-11H2. The highest BCUT2D eigenvalue weighted by atomic mass is 32.2. The summed E-state index contributed by atoms with van der Waals surface area (Å²) < 4.78 is 26.3. The van der Waals surface area contributed by atoms with Gasteiger partial charge in [-0.3, -0.25) is 0 Å². The number of hydrogen-bond donors (Lipinski definition) is 1. The molecule has 5 heteroatoms. The number of nitrogens with zero attached hydrogens (tertiary/aromatic N) is 1. The Morgan fingerprint density at radius 3 is 2.35 bits per heavy atom. The fourth-order valence-corrected chi connectivity index (χ4v) is 4.61. The molecule has 1 saturated carbocycles. The summed E-state index contributed by atoms with van der Waals surface area (Å²) in [6.07, 6.45) is 7.98. The Morgan fingerprint density at radius 2 is 1.65 bits per heavy atom. The molecule has 1 aliphatic heterocycles. The minimum atomic E-state index is -3.03. The SMILES string of the molecule is O=S1(=O)CCNCCCN1C1CCCCCC1. The van der Waals surface area contributed by atoms with Crippen LogP contribution in [0.25, 0.3) is 0 Å². The highest BCUT2D eigenvalue weighted by molar-refractivity contribution is 7.89. The Kier molecular flexibility index (Phi) is 4.82. The monoisotopic (exact) mass is 260 g/mol. The van der Waals surface area contributed by atoms with Gasteiger partial charge in [-0.15, -0.1) is 0 Å². The summed E-state index contributed by atoms with van der Waals surface area (Å²) in [5.74, 6) is 0.267. The van der Waals surface area contributed by atoms with Crippen molar-refractivity contribution in [3.05, 3.63) is 0 Å². The van der Waals surface area contributed by atoms with E-state index in [1.54, 1.807) is 0 Å². The van der Waals surface area contributed by atoms with E-state index in [4.69, 9.17) is 0 Å². The van der Waals surface area contributed by atoms with E-state index in [2.05, 4.69) is 5.32 Å². The molecule has 4 nitrogen and oxygen atoms in total. The Balaban J connectivity index is 2.07. The maximum Gasteiger partial charge on any atom is 0.215 e. The van der Waals surface area contributed by atoms with Crippen molar-refractivity contribution in [2.75, 3.05) is 25.4 Å². The molecule has 1 aliphatic carbocycles. The van der Waals surface area contributed by atoms with Gasteiger partial charge < -0.3 is 5.32 Å². The van der Waals surface area contributed by atoms with Crippen molar-refractivity contribution in [2.45, 2.75) is 51.0 Å². The molecule has 0 spiro atoms. The molecule has 0 aromatic heterocycles. The number of hydrogen-bond acceptors (Lipinski definition) is 3. The van der Waals surface area contributed by atoms with E-state index in [1.165, 1.54) is 25.7 Å². The first-order valence-corrected chi connectivity index (χ1v) is 8.51. The Morgan fingerprint density at radius 1 is 0.941 bits per heavy atom. The molecule has 17 heavy (non-hydrogen) atoms. The smallest absolute Gasteiger partial charge is 0.215 e. The van der Waals surface area contributed by atoms with Gasteiger partial charge in [0.15, 0.2) is 0 Å². The zero-order chi connectivity index (χ0) is 12.1. The molecule has 0 atom stereocenters. The van der Waals surface area contributed by atoms with E-state index in [-0.39, 0.29) is 11.8 Å². The van der Waals surface area contributed by atoms with E-state index in [9.17, 15) is 8.42 Å². The third-order valence-electron chi connectivity index (χ3n) is 3.86. The summed E-state index contributed by atoms with van der Waals surface area (Å²) in [6.45, 7) is 2.25. The van der Waals surface area contributed by atoms with Crippen LogP contribution in [-0.4, -0.2) is 44.2 Å². The van der Waals surface area contributed by atoms with Crippen molar-refractivity contribution in [1.82, 2.24) is 9.62 Å². The molecule has 2 rings (SSSR count). The lowest BCUT2D eigenvalue weighted by molar-refractivity contribution is 0.284. The lowest BCUT2D eigenvalue weighted by atomic mass is 10.1. The van der Waals surface area contributed by atoms with Crippen molar-refractivity contribution >= 4 is 10.0 Å². The van der Waals surface area contributed by atoms with Gasteiger partial charge in [0.2, 0.25) is 10.0 Å². The summed E-state index contributed by atoms with van der Waals surface area (Å²) in [6, 6.07) is 0.278. The van der Waals surface area contributed by atoms with Crippen LogP contribution in [0.1, 0.15) is 44.9 Å². The summed E-state index contributed by atoms with van der Waals surface area (Å²) in [5, 5.41) is 3.17. The largest absolute Gasteiger partial charge is 0.316 e. The molecule has 0 radical (unpaired) electrons. The van der Waals surface area contributed by atoms with Crippen molar-refractivity contribution in [3.8, 4) is 0 Å². The molecular formula is C12H24N2O2S. The van der Waals surface area contributed by atoms with Crippen LogP contribution in [0.4, 0.5) is 0 Å². The minimum Gasteiger partial charge on any atom is -0.316 e. The quantitative estimate of drug-likeness (QED) is 0.724. The van der Waals surface area contributed by atoms with Gasteiger partial charge in [-0.05, 0) is 25.8 Å². The Bertz CT molecular complexity index is 321. The minimum absolute atomic E-state index is 0.267. The average Bonchev–Trinajstić information content (AvgIpc) is 2.53. The first-order chi connectivity index (χ1) is 8.20. The second kappa shape index (κ2) is 6.16. The zero-order valence-corrected chi connectivity index (χ0v) is 11.3. The summed E-state index contributed by atoms with van der Waals surface area (Å²) in [5.41, 5.74) is 0. The van der Waals surface area contributed by atoms with Gasteiger partial charge in [0.05, 0.1) is 5.75 Å². The van der Waals surface area contributed by atoms with Crippen LogP contribution in [0.2, 0.25) is 0 Å². The van der Waals surface area contributed by atoms with E-state index < -0.39 is 10.0 Å². The topological polar surface area (TPSA) is 49.4 Å². The summed E-state index contributed by atoms with van der Waals surface area (Å²) >= 11 is 0. The Hall–Kier alpha value is -0.130.